The van der Waals surface area contributed by atoms with E-state index in [4.69, 9.17) is 0 Å². The van der Waals surface area contributed by atoms with Gasteiger partial charge < -0.3 is 9.90 Å². The molecule has 0 saturated carbocycles. The van der Waals surface area contributed by atoms with Crippen LogP contribution in [0.3, 0.4) is 0 Å². The van der Waals surface area contributed by atoms with Crippen molar-refractivity contribution in [3.63, 3.8) is 0 Å². The lowest BCUT2D eigenvalue weighted by Crippen LogP contribution is -2.54. The predicted molar refractivity (Wildman–Crippen MR) is 32.8 cm³/mol. The Kier molecular flexibility index (Phi) is 2.48. The van der Waals surface area contributed by atoms with E-state index in [1.807, 2.05) is 0 Å². The van der Waals surface area contributed by atoms with Crippen molar-refractivity contribution in [1.82, 2.24) is 0 Å². The number of carboxylic acids is 1. The Morgan fingerprint density at radius 2 is 1.75 bits per heavy atom. The first kappa shape index (κ1) is 12.5. The first-order valence-electron chi connectivity index (χ1n) is 3.52. The van der Waals surface area contributed by atoms with Crippen molar-refractivity contribution in [2.45, 2.75) is 17.9 Å². The van der Waals surface area contributed by atoms with E-state index < -0.39 is 35.6 Å². The van der Waals surface area contributed by atoms with Crippen LogP contribution < -0.4 is 5.11 Å². The summed E-state index contributed by atoms with van der Waals surface area (Å²) in [5.41, 5.74) is -6.08. The number of hydrogen-bond acceptors (Lipinski definition) is 4. The molecule has 1 aliphatic rings. The number of nitrogens with zero attached hydrogens (tertiary/aromatic N) is 2. The molecule has 4 nitrogen and oxygen atoms in total. The average Bonchev–Trinajstić information content (AvgIpc) is 2.45. The number of carbonyl (C=O) groups excluding carboxylic acids is 1. The Bertz CT molecular complexity index is 381. The van der Waals surface area contributed by atoms with Gasteiger partial charge in [-0.25, -0.2) is 0 Å². The third-order valence-electron chi connectivity index (χ3n) is 1.69. The van der Waals surface area contributed by atoms with Crippen molar-refractivity contribution in [1.29, 1.82) is 0 Å². The van der Waals surface area contributed by atoms with Gasteiger partial charge >= 0.3 is 12.4 Å². The fraction of sp³-hybridized carbons (Fsp3) is 0.500. The molecule has 16 heavy (non-hydrogen) atoms. The number of aliphatic carboxylic acids is 1. The van der Waals surface area contributed by atoms with Gasteiger partial charge in [0.25, 0.3) is 0 Å². The Labute approximate surface area is 83.3 Å². The molecule has 90 valence electrons. The van der Waals surface area contributed by atoms with E-state index in [1.165, 1.54) is 0 Å². The van der Waals surface area contributed by atoms with Crippen LogP contribution in [0.25, 0.3) is 0 Å². The van der Waals surface area contributed by atoms with Crippen LogP contribution >= 0.6 is 0 Å². The third kappa shape index (κ3) is 1.74. The van der Waals surface area contributed by atoms with Gasteiger partial charge in [0.1, 0.15) is 0 Å². The first-order valence-corrected chi connectivity index (χ1v) is 3.52. The molecule has 1 aliphatic heterocycles. The van der Waals surface area contributed by atoms with E-state index in [-0.39, 0.29) is 0 Å². The van der Waals surface area contributed by atoms with Gasteiger partial charge in [-0.3, -0.25) is 0 Å². The summed E-state index contributed by atoms with van der Waals surface area (Å²) < 4.78 is 72.6. The minimum atomic E-state index is -5.55. The van der Waals surface area contributed by atoms with Crippen LogP contribution in [-0.2, 0) is 4.79 Å². The molecule has 1 heterocycles. The molecular formula is C6HF6N2O2-. The predicted octanol–water partition coefficient (Wildman–Crippen LogP) is 0.949. The number of carboxylic acid groups (broad SMARTS) is 1. The number of alkyl halides is 6. The third-order valence-corrected chi connectivity index (χ3v) is 1.69. The molecule has 0 aromatic heterocycles. The average molecular weight is 247 g/mol. The van der Waals surface area contributed by atoms with E-state index in [2.05, 4.69) is 10.2 Å². The zero-order valence-corrected chi connectivity index (χ0v) is 7.06. The number of halogens is 6. The van der Waals surface area contributed by atoms with Gasteiger partial charge in [-0.2, -0.15) is 31.5 Å². The number of carbonyl (C=O) groups is 1. The van der Waals surface area contributed by atoms with Crippen molar-refractivity contribution < 1.29 is 36.2 Å². The molecule has 0 saturated heterocycles. The van der Waals surface area contributed by atoms with Crippen molar-refractivity contribution in [3.05, 3.63) is 11.8 Å². The Hall–Kier alpha value is -1.61. The van der Waals surface area contributed by atoms with Crippen LogP contribution in [0.4, 0.5) is 26.3 Å². The summed E-state index contributed by atoms with van der Waals surface area (Å²) in [7, 11) is 0. The molecule has 0 amide bonds. The lowest BCUT2D eigenvalue weighted by Gasteiger charge is -2.25. The zero-order chi connectivity index (χ0) is 12.8. The Morgan fingerprint density at radius 1 is 1.25 bits per heavy atom. The van der Waals surface area contributed by atoms with Crippen molar-refractivity contribution in [3.8, 4) is 0 Å². The van der Waals surface area contributed by atoms with Crippen LogP contribution in [0.5, 0.6) is 0 Å². The summed E-state index contributed by atoms with van der Waals surface area (Å²) in [6, 6.07) is 0. The van der Waals surface area contributed by atoms with Crippen molar-refractivity contribution >= 4 is 5.97 Å². The number of rotatable bonds is 1. The SMILES string of the molecule is O=C([O-])C1(C(F)(F)F)C=C(C(F)(F)F)N=N1. The molecule has 1 atom stereocenters. The maximum atomic E-state index is 12.2. The summed E-state index contributed by atoms with van der Waals surface area (Å²) in [5.74, 6) is -2.82. The first-order chi connectivity index (χ1) is 7.01. The largest absolute Gasteiger partial charge is 0.547 e. The van der Waals surface area contributed by atoms with Crippen LogP contribution in [0, 0.1) is 0 Å². The number of hydrogen-bond donors (Lipinski definition) is 0. The zero-order valence-electron chi connectivity index (χ0n) is 7.06. The molecule has 1 rings (SSSR count). The molecule has 0 spiro atoms. The molecular weight excluding hydrogens is 246 g/mol. The molecule has 1 unspecified atom stereocenters. The molecule has 0 aromatic rings. The van der Waals surface area contributed by atoms with Crippen LogP contribution in [-0.4, -0.2) is 23.9 Å². The molecule has 0 bridgehead atoms. The van der Waals surface area contributed by atoms with E-state index >= 15 is 0 Å². The van der Waals surface area contributed by atoms with Crippen LogP contribution in [0.2, 0.25) is 0 Å². The molecule has 0 N–H and O–H groups in total. The summed E-state index contributed by atoms with van der Waals surface area (Å²) in [5, 5.41) is 14.5. The minimum absolute atomic E-state index is 0.623. The number of allylic oxidation sites excluding steroid dienone is 1. The second-order valence-electron chi connectivity index (χ2n) is 2.78. The fourth-order valence-corrected chi connectivity index (χ4v) is 0.881. The highest BCUT2D eigenvalue weighted by atomic mass is 19.4. The van der Waals surface area contributed by atoms with Gasteiger partial charge in [-0.1, -0.05) is 0 Å². The molecule has 0 aromatic carbocycles. The van der Waals surface area contributed by atoms with Crippen LogP contribution in [0.15, 0.2) is 22.0 Å². The maximum Gasteiger partial charge on any atom is 0.434 e. The molecule has 0 aliphatic carbocycles. The minimum Gasteiger partial charge on any atom is -0.547 e. The smallest absolute Gasteiger partial charge is 0.434 e. The summed E-state index contributed by atoms with van der Waals surface area (Å²) in [4.78, 5) is 10.2. The lowest BCUT2D eigenvalue weighted by atomic mass is 10.00. The van der Waals surface area contributed by atoms with Crippen molar-refractivity contribution in [2.24, 2.45) is 10.2 Å². The highest BCUT2D eigenvalue weighted by Crippen LogP contribution is 2.43. The normalized spacial score (nSPS) is 25.8. The summed E-state index contributed by atoms with van der Waals surface area (Å²) in [6.45, 7) is 0. The number of azo groups is 1. The monoisotopic (exact) mass is 247 g/mol. The summed E-state index contributed by atoms with van der Waals surface area (Å²) in [6.07, 6.45) is -11.4. The fourth-order valence-electron chi connectivity index (χ4n) is 0.881. The molecule has 0 radical (unpaired) electrons. The van der Waals surface area contributed by atoms with Crippen molar-refractivity contribution in [2.75, 3.05) is 0 Å². The van der Waals surface area contributed by atoms with E-state index in [0.717, 1.165) is 0 Å². The van der Waals surface area contributed by atoms with Gasteiger partial charge in [0.15, 0.2) is 5.70 Å². The molecule has 10 heteroatoms. The van der Waals surface area contributed by atoms with Gasteiger partial charge in [0.05, 0.1) is 5.97 Å². The second-order valence-corrected chi connectivity index (χ2v) is 2.78. The van der Waals surface area contributed by atoms with Gasteiger partial charge in [-0.15, -0.1) is 5.11 Å². The van der Waals surface area contributed by atoms with Gasteiger partial charge in [0, 0.05) is 0 Å². The highest BCUT2D eigenvalue weighted by Gasteiger charge is 2.60. The standard InChI is InChI=1S/C6H2F6N2O2/c7-5(8,9)2-1-4(3(15)16,14-13-2)6(10,11)12/h1H,(H,15,16)/p-1. The Balaban J connectivity index is 3.28. The van der Waals surface area contributed by atoms with E-state index in [9.17, 15) is 36.2 Å². The highest BCUT2D eigenvalue weighted by molar-refractivity contribution is 5.82. The van der Waals surface area contributed by atoms with Gasteiger partial charge in [-0.05, 0) is 6.08 Å². The second kappa shape index (κ2) is 3.19. The maximum absolute atomic E-state index is 12.2. The lowest BCUT2D eigenvalue weighted by molar-refractivity contribution is -0.324. The Morgan fingerprint density at radius 3 is 1.94 bits per heavy atom. The summed E-state index contributed by atoms with van der Waals surface area (Å²) >= 11 is 0. The topological polar surface area (TPSA) is 64.8 Å². The van der Waals surface area contributed by atoms with E-state index in [1.54, 1.807) is 0 Å². The van der Waals surface area contributed by atoms with Gasteiger partial charge in [0.2, 0.25) is 5.54 Å². The quantitative estimate of drug-likeness (QED) is 0.647. The van der Waals surface area contributed by atoms with E-state index in [0.29, 0.717) is 0 Å². The van der Waals surface area contributed by atoms with Crippen LogP contribution in [0.1, 0.15) is 0 Å². The molecule has 0 fully saturated rings.